The van der Waals surface area contributed by atoms with Crippen molar-refractivity contribution in [2.24, 2.45) is 0 Å². The van der Waals surface area contributed by atoms with Crippen molar-refractivity contribution >= 4 is 11.4 Å². The number of anilines is 1. The third-order valence-corrected chi connectivity index (χ3v) is 4.47. The summed E-state index contributed by atoms with van der Waals surface area (Å²) in [5, 5.41) is 7.54. The third kappa shape index (κ3) is 3.16. The largest absolute Gasteiger partial charge is 0.497 e. The lowest BCUT2D eigenvalue weighted by molar-refractivity contribution is -0.137. The summed E-state index contributed by atoms with van der Waals surface area (Å²) in [5.74, 6) is 0.754. The van der Waals surface area contributed by atoms with Gasteiger partial charge in [-0.15, -0.1) is 0 Å². The van der Waals surface area contributed by atoms with Crippen LogP contribution in [0.15, 0.2) is 55.2 Å². The molecule has 0 atom stereocenters. The Morgan fingerprint density at radius 1 is 1.11 bits per heavy atom. The predicted octanol–water partition coefficient (Wildman–Crippen LogP) is 5.02. The first-order valence-electron chi connectivity index (χ1n) is 8.23. The number of aromatic nitrogens is 2. The minimum atomic E-state index is -4.40. The van der Waals surface area contributed by atoms with Crippen LogP contribution in [0.25, 0.3) is 16.8 Å². The molecule has 2 aromatic carbocycles. The molecular formula is C20H16F3N3O. The molecule has 0 bridgehead atoms. The van der Waals surface area contributed by atoms with Crippen LogP contribution in [-0.2, 0) is 12.7 Å². The van der Waals surface area contributed by atoms with Crippen LogP contribution in [0.2, 0.25) is 0 Å². The van der Waals surface area contributed by atoms with E-state index in [0.717, 1.165) is 23.4 Å². The van der Waals surface area contributed by atoms with E-state index in [1.165, 1.54) is 6.07 Å². The number of nitrogens with zero attached hydrogens (tertiary/aromatic N) is 2. The number of halogens is 3. The Hall–Kier alpha value is -3.22. The average molecular weight is 371 g/mol. The van der Waals surface area contributed by atoms with Gasteiger partial charge in [0.1, 0.15) is 11.4 Å². The molecule has 27 heavy (non-hydrogen) atoms. The molecule has 0 unspecified atom stereocenters. The van der Waals surface area contributed by atoms with Gasteiger partial charge >= 0.3 is 6.18 Å². The predicted molar refractivity (Wildman–Crippen MR) is 97.4 cm³/mol. The number of hydrogen-bond donors (Lipinski definition) is 1. The van der Waals surface area contributed by atoms with Gasteiger partial charge in [0.25, 0.3) is 0 Å². The molecule has 0 amide bonds. The summed E-state index contributed by atoms with van der Waals surface area (Å²) >= 11 is 0. The van der Waals surface area contributed by atoms with Crippen LogP contribution in [0.4, 0.5) is 18.9 Å². The van der Waals surface area contributed by atoms with E-state index in [1.54, 1.807) is 18.0 Å². The van der Waals surface area contributed by atoms with Gasteiger partial charge in [-0.25, -0.2) is 0 Å². The van der Waals surface area contributed by atoms with Gasteiger partial charge in [0.05, 0.1) is 24.9 Å². The molecule has 0 aliphatic carbocycles. The van der Waals surface area contributed by atoms with E-state index in [9.17, 15) is 13.2 Å². The standard InChI is InChI=1S/C20H16F3N3O/c1-12-19-17(16-9-14(20(21,22)23)5-8-18(16)24-12)11-26(25-19)10-13-3-6-15(27-2)7-4-13/h3-9,11,24H,1,10H2,2H3. The Bertz CT molecular complexity index is 1020. The second-order valence-electron chi connectivity index (χ2n) is 6.30. The van der Waals surface area contributed by atoms with Gasteiger partial charge < -0.3 is 10.1 Å². The number of nitrogens with one attached hydrogen (secondary N) is 1. The Kier molecular flexibility index (Phi) is 3.95. The summed E-state index contributed by atoms with van der Waals surface area (Å²) < 4.78 is 46.1. The number of rotatable bonds is 3. The lowest BCUT2D eigenvalue weighted by Crippen LogP contribution is -2.10. The van der Waals surface area contributed by atoms with Crippen LogP contribution in [0.3, 0.4) is 0 Å². The first-order chi connectivity index (χ1) is 12.8. The van der Waals surface area contributed by atoms with Crippen LogP contribution in [0.5, 0.6) is 5.75 Å². The molecule has 1 aliphatic rings. The molecule has 4 rings (SSSR count). The van der Waals surface area contributed by atoms with Crippen molar-refractivity contribution in [1.29, 1.82) is 0 Å². The summed E-state index contributed by atoms with van der Waals surface area (Å²) in [6, 6.07) is 11.2. The second kappa shape index (κ2) is 6.19. The van der Waals surface area contributed by atoms with E-state index >= 15 is 0 Å². The van der Waals surface area contributed by atoms with E-state index in [2.05, 4.69) is 17.0 Å². The fourth-order valence-electron chi connectivity index (χ4n) is 3.11. The summed E-state index contributed by atoms with van der Waals surface area (Å²) in [6.07, 6.45) is -2.65. The van der Waals surface area contributed by atoms with Crippen LogP contribution in [0, 0.1) is 0 Å². The molecule has 138 valence electrons. The first-order valence-corrected chi connectivity index (χ1v) is 8.23. The normalized spacial score (nSPS) is 13.0. The average Bonchev–Trinajstić information content (AvgIpc) is 3.06. The molecule has 2 heterocycles. The van der Waals surface area contributed by atoms with Crippen molar-refractivity contribution in [1.82, 2.24) is 9.78 Å². The Morgan fingerprint density at radius 3 is 2.52 bits per heavy atom. The molecule has 0 radical (unpaired) electrons. The number of fused-ring (bicyclic) bond motifs is 3. The van der Waals surface area contributed by atoms with Gasteiger partial charge in [0.15, 0.2) is 0 Å². The fourth-order valence-corrected chi connectivity index (χ4v) is 3.11. The minimum absolute atomic E-state index is 0.466. The van der Waals surface area contributed by atoms with Crippen molar-refractivity contribution in [3.63, 3.8) is 0 Å². The highest BCUT2D eigenvalue weighted by atomic mass is 19.4. The van der Waals surface area contributed by atoms with E-state index < -0.39 is 11.7 Å². The summed E-state index contributed by atoms with van der Waals surface area (Å²) in [5.41, 5.74) is 3.11. The highest BCUT2D eigenvalue weighted by molar-refractivity contribution is 5.95. The first kappa shape index (κ1) is 17.2. The molecule has 0 saturated carbocycles. The van der Waals surface area contributed by atoms with Crippen molar-refractivity contribution < 1.29 is 17.9 Å². The van der Waals surface area contributed by atoms with Gasteiger partial charge in [-0.3, -0.25) is 4.68 Å². The maximum atomic E-state index is 13.1. The van der Waals surface area contributed by atoms with Gasteiger partial charge in [0.2, 0.25) is 0 Å². The van der Waals surface area contributed by atoms with Crippen molar-refractivity contribution in [2.75, 3.05) is 12.4 Å². The zero-order valence-electron chi connectivity index (χ0n) is 14.5. The molecule has 1 aliphatic heterocycles. The highest BCUT2D eigenvalue weighted by Gasteiger charge is 2.32. The maximum Gasteiger partial charge on any atom is 0.416 e. The fraction of sp³-hybridized carbons (Fsp3) is 0.150. The molecule has 0 saturated heterocycles. The Balaban J connectivity index is 1.72. The highest BCUT2D eigenvalue weighted by Crippen LogP contribution is 2.42. The van der Waals surface area contributed by atoms with Crippen molar-refractivity contribution in [3.05, 3.63) is 72.1 Å². The monoisotopic (exact) mass is 371 g/mol. The minimum Gasteiger partial charge on any atom is -0.497 e. The van der Waals surface area contributed by atoms with Crippen LogP contribution >= 0.6 is 0 Å². The molecule has 1 N–H and O–H groups in total. The van der Waals surface area contributed by atoms with E-state index in [-0.39, 0.29) is 0 Å². The molecule has 3 aromatic rings. The summed E-state index contributed by atoms with van der Waals surface area (Å²) in [6.45, 7) is 4.43. The van der Waals surface area contributed by atoms with Crippen LogP contribution in [0.1, 0.15) is 16.8 Å². The van der Waals surface area contributed by atoms with Crippen LogP contribution < -0.4 is 10.1 Å². The smallest absolute Gasteiger partial charge is 0.416 e. The van der Waals surface area contributed by atoms with Gasteiger partial charge in [-0.1, -0.05) is 18.7 Å². The number of methoxy groups -OCH3 is 1. The molecule has 0 spiro atoms. The zero-order valence-corrected chi connectivity index (χ0v) is 14.5. The molecule has 7 heteroatoms. The SMILES string of the molecule is C=C1Nc2ccc(C(F)(F)F)cc2-c2cn(Cc3ccc(OC)cc3)nc21. The Labute approximate surface area is 153 Å². The number of hydrogen-bond acceptors (Lipinski definition) is 3. The lowest BCUT2D eigenvalue weighted by Gasteiger charge is -2.20. The number of benzene rings is 2. The van der Waals surface area contributed by atoms with E-state index in [1.807, 2.05) is 24.3 Å². The van der Waals surface area contributed by atoms with Crippen molar-refractivity contribution in [3.8, 4) is 16.9 Å². The Morgan fingerprint density at radius 2 is 1.85 bits per heavy atom. The molecule has 0 fully saturated rings. The topological polar surface area (TPSA) is 39.1 Å². The van der Waals surface area contributed by atoms with Gasteiger partial charge in [-0.2, -0.15) is 18.3 Å². The summed E-state index contributed by atoms with van der Waals surface area (Å²) in [4.78, 5) is 0. The quantitative estimate of drug-likeness (QED) is 0.703. The maximum absolute atomic E-state index is 13.1. The molecule has 4 nitrogen and oxygen atoms in total. The lowest BCUT2D eigenvalue weighted by atomic mass is 9.97. The van der Waals surface area contributed by atoms with Crippen LogP contribution in [-0.4, -0.2) is 16.9 Å². The molecule has 1 aromatic heterocycles. The van der Waals surface area contributed by atoms with Gasteiger partial charge in [-0.05, 0) is 35.9 Å². The number of alkyl halides is 3. The summed E-state index contributed by atoms with van der Waals surface area (Å²) in [7, 11) is 1.60. The second-order valence-corrected chi connectivity index (χ2v) is 6.30. The van der Waals surface area contributed by atoms with E-state index in [4.69, 9.17) is 4.74 Å². The third-order valence-electron chi connectivity index (χ3n) is 4.47. The molecular weight excluding hydrogens is 355 g/mol. The zero-order chi connectivity index (χ0) is 19.2. The van der Waals surface area contributed by atoms with Gasteiger partial charge in [0, 0.05) is 23.0 Å². The van der Waals surface area contributed by atoms with Crippen molar-refractivity contribution in [2.45, 2.75) is 12.7 Å². The number of ether oxygens (including phenoxy) is 1. The van der Waals surface area contributed by atoms with E-state index in [0.29, 0.717) is 34.8 Å².